The second-order valence-corrected chi connectivity index (χ2v) is 4.86. The number of halogens is 3. The highest BCUT2D eigenvalue weighted by Gasteiger charge is 2.38. The Morgan fingerprint density at radius 1 is 1.30 bits per heavy atom. The van der Waals surface area contributed by atoms with Crippen molar-refractivity contribution < 1.29 is 27.5 Å². The molecule has 5 nitrogen and oxygen atoms in total. The van der Waals surface area contributed by atoms with Crippen LogP contribution in [0.5, 0.6) is 0 Å². The van der Waals surface area contributed by atoms with E-state index >= 15 is 0 Å². The number of aliphatic hydroxyl groups excluding tert-OH is 1. The van der Waals surface area contributed by atoms with Crippen molar-refractivity contribution in [1.82, 2.24) is 5.32 Å². The molecule has 0 aliphatic heterocycles. The number of rotatable bonds is 4. The zero-order valence-corrected chi connectivity index (χ0v) is 12.1. The van der Waals surface area contributed by atoms with Crippen molar-refractivity contribution in [3.8, 4) is 0 Å². The van der Waals surface area contributed by atoms with Gasteiger partial charge < -0.3 is 20.2 Å². The molecule has 0 saturated heterocycles. The third-order valence-corrected chi connectivity index (χ3v) is 3.00. The van der Waals surface area contributed by atoms with E-state index in [-0.39, 0.29) is 12.3 Å². The van der Waals surface area contributed by atoms with Crippen molar-refractivity contribution in [3.05, 3.63) is 53.5 Å². The fraction of sp³-hybridized carbons (Fsp3) is 0.267. The summed E-state index contributed by atoms with van der Waals surface area (Å²) < 4.78 is 42.8. The van der Waals surface area contributed by atoms with Gasteiger partial charge >= 0.3 is 12.2 Å². The van der Waals surface area contributed by atoms with Crippen molar-refractivity contribution in [2.45, 2.75) is 19.2 Å². The van der Waals surface area contributed by atoms with E-state index in [1.165, 1.54) is 6.92 Å². The van der Waals surface area contributed by atoms with E-state index in [0.29, 0.717) is 5.56 Å². The standard InChI is InChI=1S/C15H15F3N2O3/c1-9-7-11(13(23-9)15(16,17)18)20-14(22)19-8-12(21)10-5-3-2-4-6-10/h2-7,12,21H,8H2,1H3,(H2,19,20,22)/t12-/m1/s1. The molecule has 0 unspecified atom stereocenters. The Hall–Kier alpha value is -2.48. The number of hydrogen-bond donors (Lipinski definition) is 3. The maximum absolute atomic E-state index is 12.7. The Labute approximate surface area is 130 Å². The van der Waals surface area contributed by atoms with Crippen molar-refractivity contribution in [1.29, 1.82) is 0 Å². The van der Waals surface area contributed by atoms with Crippen LogP contribution in [0.3, 0.4) is 0 Å². The van der Waals surface area contributed by atoms with Gasteiger partial charge in [-0.25, -0.2) is 4.79 Å². The van der Waals surface area contributed by atoms with E-state index in [1.54, 1.807) is 30.3 Å². The summed E-state index contributed by atoms with van der Waals surface area (Å²) in [5, 5.41) is 14.3. The lowest BCUT2D eigenvalue weighted by atomic mass is 10.1. The number of aryl methyl sites for hydroxylation is 1. The maximum atomic E-state index is 12.7. The van der Waals surface area contributed by atoms with E-state index in [9.17, 15) is 23.1 Å². The van der Waals surface area contributed by atoms with Crippen molar-refractivity contribution in [3.63, 3.8) is 0 Å². The number of carbonyl (C=O) groups is 1. The minimum Gasteiger partial charge on any atom is -0.455 e. The fourth-order valence-corrected chi connectivity index (χ4v) is 1.97. The molecule has 0 saturated carbocycles. The van der Waals surface area contributed by atoms with Crippen LogP contribution in [-0.4, -0.2) is 17.7 Å². The van der Waals surface area contributed by atoms with Gasteiger partial charge in [-0.05, 0) is 12.5 Å². The first-order chi connectivity index (χ1) is 10.8. The molecule has 0 aliphatic carbocycles. The van der Waals surface area contributed by atoms with Crippen LogP contribution in [0, 0.1) is 6.92 Å². The molecule has 2 aromatic rings. The Kier molecular flexibility index (Phi) is 4.95. The van der Waals surface area contributed by atoms with E-state index < -0.39 is 29.8 Å². The number of amides is 2. The summed E-state index contributed by atoms with van der Waals surface area (Å²) in [5.74, 6) is -1.24. The van der Waals surface area contributed by atoms with Crippen LogP contribution in [0.25, 0.3) is 0 Å². The van der Waals surface area contributed by atoms with Crippen LogP contribution in [-0.2, 0) is 6.18 Å². The molecule has 1 aromatic heterocycles. The van der Waals surface area contributed by atoms with Crippen molar-refractivity contribution in [2.75, 3.05) is 11.9 Å². The topological polar surface area (TPSA) is 74.5 Å². The molecule has 0 radical (unpaired) electrons. The molecular weight excluding hydrogens is 313 g/mol. The largest absolute Gasteiger partial charge is 0.455 e. The predicted molar refractivity (Wildman–Crippen MR) is 76.9 cm³/mol. The second-order valence-electron chi connectivity index (χ2n) is 4.86. The number of carbonyl (C=O) groups excluding carboxylic acids is 1. The van der Waals surface area contributed by atoms with Gasteiger partial charge in [-0.15, -0.1) is 0 Å². The molecule has 0 spiro atoms. The summed E-state index contributed by atoms with van der Waals surface area (Å²) in [5.41, 5.74) is 0.115. The molecule has 23 heavy (non-hydrogen) atoms. The normalized spacial score (nSPS) is 12.7. The van der Waals surface area contributed by atoms with E-state index in [2.05, 4.69) is 15.1 Å². The van der Waals surface area contributed by atoms with Gasteiger partial charge in [-0.2, -0.15) is 13.2 Å². The third kappa shape index (κ3) is 4.49. The molecule has 1 aromatic carbocycles. The molecule has 1 heterocycles. The lowest BCUT2D eigenvalue weighted by Gasteiger charge is -2.13. The average molecular weight is 328 g/mol. The maximum Gasteiger partial charge on any atom is 0.451 e. The Balaban J connectivity index is 1.96. The second kappa shape index (κ2) is 6.74. The molecule has 1 atom stereocenters. The smallest absolute Gasteiger partial charge is 0.451 e. The summed E-state index contributed by atoms with van der Waals surface area (Å²) in [7, 11) is 0. The summed E-state index contributed by atoms with van der Waals surface area (Å²) in [6.07, 6.45) is -5.67. The SMILES string of the molecule is Cc1cc(NC(=O)NC[C@@H](O)c2ccccc2)c(C(F)(F)F)o1. The molecule has 8 heteroatoms. The van der Waals surface area contributed by atoms with Gasteiger partial charge in [0.2, 0.25) is 5.76 Å². The zero-order chi connectivity index (χ0) is 17.0. The lowest BCUT2D eigenvalue weighted by Crippen LogP contribution is -2.32. The Morgan fingerprint density at radius 3 is 2.57 bits per heavy atom. The first kappa shape index (κ1) is 16.9. The van der Waals surface area contributed by atoms with Crippen LogP contribution < -0.4 is 10.6 Å². The molecule has 2 amide bonds. The van der Waals surface area contributed by atoms with Gasteiger partial charge in [0.25, 0.3) is 0 Å². The van der Waals surface area contributed by atoms with Gasteiger partial charge in [0.1, 0.15) is 5.76 Å². The number of alkyl halides is 3. The molecule has 124 valence electrons. The minimum atomic E-state index is -4.71. The molecule has 2 rings (SSSR count). The quantitative estimate of drug-likeness (QED) is 0.804. The Morgan fingerprint density at radius 2 is 1.96 bits per heavy atom. The molecular formula is C15H15F3N2O3. The van der Waals surface area contributed by atoms with Gasteiger partial charge in [-0.3, -0.25) is 0 Å². The van der Waals surface area contributed by atoms with Crippen LogP contribution in [0.2, 0.25) is 0 Å². The summed E-state index contributed by atoms with van der Waals surface area (Å²) in [6.45, 7) is 1.20. The van der Waals surface area contributed by atoms with Gasteiger partial charge in [0, 0.05) is 12.6 Å². The van der Waals surface area contributed by atoms with E-state index in [4.69, 9.17) is 0 Å². The first-order valence-corrected chi connectivity index (χ1v) is 6.73. The number of nitrogens with one attached hydrogen (secondary N) is 2. The first-order valence-electron chi connectivity index (χ1n) is 6.73. The molecule has 0 bridgehead atoms. The Bertz CT molecular complexity index is 668. The van der Waals surface area contributed by atoms with Crippen molar-refractivity contribution >= 4 is 11.7 Å². The zero-order valence-electron chi connectivity index (χ0n) is 12.1. The minimum absolute atomic E-state index is 0.0249. The highest BCUT2D eigenvalue weighted by atomic mass is 19.4. The van der Waals surface area contributed by atoms with Gasteiger partial charge in [0.05, 0.1) is 11.8 Å². The number of furan rings is 1. The number of anilines is 1. The monoisotopic (exact) mass is 328 g/mol. The van der Waals surface area contributed by atoms with Crippen LogP contribution in [0.15, 0.2) is 40.8 Å². The highest BCUT2D eigenvalue weighted by Crippen LogP contribution is 2.36. The molecule has 0 aliphatic rings. The van der Waals surface area contributed by atoms with Crippen LogP contribution in [0.1, 0.15) is 23.2 Å². The van der Waals surface area contributed by atoms with Crippen molar-refractivity contribution in [2.24, 2.45) is 0 Å². The molecule has 0 fully saturated rings. The number of urea groups is 1. The molecule has 3 N–H and O–H groups in total. The number of hydrogen-bond acceptors (Lipinski definition) is 3. The average Bonchev–Trinajstić information content (AvgIpc) is 2.86. The summed E-state index contributed by atoms with van der Waals surface area (Å²) >= 11 is 0. The van der Waals surface area contributed by atoms with Gasteiger partial charge in [-0.1, -0.05) is 30.3 Å². The number of aliphatic hydroxyl groups is 1. The van der Waals surface area contributed by atoms with Crippen LogP contribution >= 0.6 is 0 Å². The van der Waals surface area contributed by atoms with Crippen LogP contribution in [0.4, 0.5) is 23.7 Å². The van der Waals surface area contributed by atoms with Gasteiger partial charge in [0.15, 0.2) is 0 Å². The van der Waals surface area contributed by atoms with E-state index in [1.807, 2.05) is 0 Å². The van der Waals surface area contributed by atoms with E-state index in [0.717, 1.165) is 6.07 Å². The predicted octanol–water partition coefficient (Wildman–Crippen LogP) is 3.46. The summed E-state index contributed by atoms with van der Waals surface area (Å²) in [6, 6.07) is 8.78. The third-order valence-electron chi connectivity index (χ3n) is 3.00. The highest BCUT2D eigenvalue weighted by molar-refractivity contribution is 5.90. The fourth-order valence-electron chi connectivity index (χ4n) is 1.97. The lowest BCUT2D eigenvalue weighted by molar-refractivity contribution is -0.152. The summed E-state index contributed by atoms with van der Waals surface area (Å²) in [4.78, 5) is 11.7. The number of benzene rings is 1.